The van der Waals surface area contributed by atoms with E-state index in [0.29, 0.717) is 18.0 Å². The Morgan fingerprint density at radius 3 is 2.71 bits per heavy atom. The third-order valence-corrected chi connectivity index (χ3v) is 6.34. The topological polar surface area (TPSA) is 66.8 Å². The van der Waals surface area contributed by atoms with Crippen molar-refractivity contribution in [2.45, 2.75) is 44.2 Å². The van der Waals surface area contributed by atoms with Gasteiger partial charge in [0.25, 0.3) is 0 Å². The van der Waals surface area contributed by atoms with Crippen LogP contribution in [-0.2, 0) is 16.6 Å². The Bertz CT molecular complexity index is 600. The molecule has 5 nitrogen and oxygen atoms in total. The molecule has 1 aromatic rings. The summed E-state index contributed by atoms with van der Waals surface area (Å²) in [4.78, 5) is 0.170. The molecule has 1 saturated heterocycles. The molecule has 1 N–H and O–H groups in total. The van der Waals surface area contributed by atoms with Gasteiger partial charge in [0, 0.05) is 12.6 Å². The molecule has 0 radical (unpaired) electrons. The summed E-state index contributed by atoms with van der Waals surface area (Å²) in [6.45, 7) is 4.43. The number of aliphatic hydroxyl groups is 1. The zero-order valence-corrected chi connectivity index (χ0v) is 13.6. The number of rotatable bonds is 4. The molecule has 1 aliphatic rings. The van der Waals surface area contributed by atoms with E-state index >= 15 is 0 Å². The molecular formula is C15H23NO4S. The van der Waals surface area contributed by atoms with Gasteiger partial charge in [-0.3, -0.25) is 0 Å². The molecular weight excluding hydrogens is 290 g/mol. The average molecular weight is 313 g/mol. The van der Waals surface area contributed by atoms with Crippen molar-refractivity contribution in [2.75, 3.05) is 13.7 Å². The van der Waals surface area contributed by atoms with Gasteiger partial charge in [0.15, 0.2) is 0 Å². The lowest BCUT2D eigenvalue weighted by Gasteiger charge is -2.37. The number of aliphatic hydroxyl groups excluding tert-OH is 1. The highest BCUT2D eigenvalue weighted by Crippen LogP contribution is 2.33. The second kappa shape index (κ2) is 6.34. The number of hydrogen-bond donors (Lipinski definition) is 1. The maximum atomic E-state index is 12.9. The Kier molecular flexibility index (Phi) is 4.91. The average Bonchev–Trinajstić information content (AvgIpc) is 2.49. The molecule has 2 atom stereocenters. The van der Waals surface area contributed by atoms with Crippen molar-refractivity contribution >= 4 is 10.0 Å². The summed E-state index contributed by atoms with van der Waals surface area (Å²) >= 11 is 0. The lowest BCUT2D eigenvalue weighted by Crippen LogP contribution is -2.45. The molecule has 0 spiro atoms. The van der Waals surface area contributed by atoms with Crippen LogP contribution >= 0.6 is 0 Å². The van der Waals surface area contributed by atoms with Crippen molar-refractivity contribution in [3.05, 3.63) is 23.8 Å². The van der Waals surface area contributed by atoms with E-state index < -0.39 is 10.0 Å². The van der Waals surface area contributed by atoms with E-state index in [4.69, 9.17) is 9.84 Å². The van der Waals surface area contributed by atoms with Crippen LogP contribution in [0, 0.1) is 5.92 Å². The normalized spacial score (nSPS) is 24.0. The van der Waals surface area contributed by atoms with Crippen molar-refractivity contribution in [3.8, 4) is 5.75 Å². The van der Waals surface area contributed by atoms with E-state index in [9.17, 15) is 8.42 Å². The minimum atomic E-state index is -3.59. The highest BCUT2D eigenvalue weighted by molar-refractivity contribution is 7.89. The molecule has 21 heavy (non-hydrogen) atoms. The fraction of sp³-hybridized carbons (Fsp3) is 0.600. The van der Waals surface area contributed by atoms with Crippen LogP contribution in [0.4, 0.5) is 0 Å². The quantitative estimate of drug-likeness (QED) is 0.923. The van der Waals surface area contributed by atoms with Gasteiger partial charge in [0.2, 0.25) is 10.0 Å². The van der Waals surface area contributed by atoms with Crippen LogP contribution in [0.25, 0.3) is 0 Å². The van der Waals surface area contributed by atoms with Crippen LogP contribution in [-0.4, -0.2) is 37.5 Å². The van der Waals surface area contributed by atoms with Gasteiger partial charge in [-0.2, -0.15) is 4.31 Å². The second-order valence-corrected chi connectivity index (χ2v) is 7.48. The van der Waals surface area contributed by atoms with E-state index in [0.717, 1.165) is 12.8 Å². The molecule has 0 bridgehead atoms. The first-order valence-electron chi connectivity index (χ1n) is 7.21. The Morgan fingerprint density at radius 2 is 2.10 bits per heavy atom. The molecule has 0 aliphatic carbocycles. The Balaban J connectivity index is 2.44. The molecule has 2 rings (SSSR count). The molecule has 0 aromatic heterocycles. The number of piperidine rings is 1. The fourth-order valence-corrected chi connectivity index (χ4v) is 4.69. The van der Waals surface area contributed by atoms with Crippen LogP contribution in [0.3, 0.4) is 0 Å². The van der Waals surface area contributed by atoms with E-state index in [-0.39, 0.29) is 23.3 Å². The zero-order chi connectivity index (χ0) is 15.6. The first kappa shape index (κ1) is 16.3. The van der Waals surface area contributed by atoms with E-state index in [1.165, 1.54) is 13.2 Å². The highest BCUT2D eigenvalue weighted by atomic mass is 32.2. The summed E-state index contributed by atoms with van der Waals surface area (Å²) in [5, 5.41) is 9.16. The molecule has 0 amide bonds. The van der Waals surface area contributed by atoms with Gasteiger partial charge >= 0.3 is 0 Å². The van der Waals surface area contributed by atoms with Gasteiger partial charge in [-0.15, -0.1) is 0 Å². The third kappa shape index (κ3) is 3.07. The predicted molar refractivity (Wildman–Crippen MR) is 80.7 cm³/mol. The molecule has 6 heteroatoms. The number of hydrogen-bond acceptors (Lipinski definition) is 4. The van der Waals surface area contributed by atoms with Crippen molar-refractivity contribution in [3.63, 3.8) is 0 Å². The first-order valence-corrected chi connectivity index (χ1v) is 8.65. The number of ether oxygens (including phenoxy) is 1. The number of sulfonamides is 1. The standard InChI is InChI=1S/C15H23NO4S/c1-11-5-4-8-16(12(11)2)21(18,19)15-7-6-13(10-17)9-14(15)20-3/h6-7,9,11-12,17H,4-5,8,10H2,1-3H3. The monoisotopic (exact) mass is 313 g/mol. The van der Waals surface area contributed by atoms with Gasteiger partial charge < -0.3 is 9.84 Å². The maximum absolute atomic E-state index is 12.9. The summed E-state index contributed by atoms with van der Waals surface area (Å²) < 4.78 is 32.6. The van der Waals surface area contributed by atoms with E-state index in [1.54, 1.807) is 16.4 Å². The van der Waals surface area contributed by atoms with Gasteiger partial charge in [-0.05, 0) is 43.4 Å². The Labute approximate surface area is 126 Å². The Morgan fingerprint density at radius 1 is 1.38 bits per heavy atom. The summed E-state index contributed by atoms with van der Waals surface area (Å²) in [5.74, 6) is 0.628. The van der Waals surface area contributed by atoms with Crippen LogP contribution in [0.5, 0.6) is 5.75 Å². The lowest BCUT2D eigenvalue weighted by atomic mass is 9.94. The largest absolute Gasteiger partial charge is 0.495 e. The maximum Gasteiger partial charge on any atom is 0.247 e. The summed E-state index contributed by atoms with van der Waals surface area (Å²) in [5.41, 5.74) is 0.630. The van der Waals surface area contributed by atoms with Crippen LogP contribution in [0.2, 0.25) is 0 Å². The van der Waals surface area contributed by atoms with Crippen molar-refractivity contribution < 1.29 is 18.3 Å². The zero-order valence-electron chi connectivity index (χ0n) is 12.7. The second-order valence-electron chi connectivity index (χ2n) is 5.62. The Hall–Kier alpha value is -1.11. The minimum Gasteiger partial charge on any atom is -0.495 e. The fourth-order valence-electron chi connectivity index (χ4n) is 2.79. The molecule has 1 aliphatic heterocycles. The van der Waals surface area contributed by atoms with Gasteiger partial charge in [0.1, 0.15) is 10.6 Å². The lowest BCUT2D eigenvalue weighted by molar-refractivity contribution is 0.202. The van der Waals surface area contributed by atoms with Gasteiger partial charge in [-0.1, -0.05) is 13.0 Å². The SMILES string of the molecule is COc1cc(CO)ccc1S(=O)(=O)N1CCCC(C)C1C. The summed E-state index contributed by atoms with van der Waals surface area (Å²) in [7, 11) is -2.14. The molecule has 118 valence electrons. The predicted octanol–water partition coefficient (Wildman–Crippen LogP) is 2.00. The summed E-state index contributed by atoms with van der Waals surface area (Å²) in [6.07, 6.45) is 1.93. The smallest absolute Gasteiger partial charge is 0.247 e. The van der Waals surface area contributed by atoms with E-state index in [1.807, 2.05) is 6.92 Å². The van der Waals surface area contributed by atoms with Crippen LogP contribution in [0.15, 0.2) is 23.1 Å². The molecule has 1 heterocycles. The molecule has 2 unspecified atom stereocenters. The third-order valence-electron chi connectivity index (χ3n) is 4.31. The number of benzene rings is 1. The van der Waals surface area contributed by atoms with Gasteiger partial charge in [0.05, 0.1) is 13.7 Å². The summed E-state index contributed by atoms with van der Waals surface area (Å²) in [6, 6.07) is 4.69. The van der Waals surface area contributed by atoms with Crippen LogP contribution < -0.4 is 4.74 Å². The molecule has 1 aromatic carbocycles. The number of methoxy groups -OCH3 is 1. The minimum absolute atomic E-state index is 0.0222. The molecule has 1 fully saturated rings. The van der Waals surface area contributed by atoms with Gasteiger partial charge in [-0.25, -0.2) is 8.42 Å². The van der Waals surface area contributed by atoms with Crippen molar-refractivity contribution in [1.82, 2.24) is 4.31 Å². The molecule has 0 saturated carbocycles. The first-order chi connectivity index (χ1) is 9.91. The van der Waals surface area contributed by atoms with Crippen molar-refractivity contribution in [2.24, 2.45) is 5.92 Å². The highest BCUT2D eigenvalue weighted by Gasteiger charge is 2.36. The van der Waals surface area contributed by atoms with Crippen LogP contribution in [0.1, 0.15) is 32.3 Å². The number of nitrogens with zero attached hydrogens (tertiary/aromatic N) is 1. The van der Waals surface area contributed by atoms with Crippen molar-refractivity contribution in [1.29, 1.82) is 0 Å². The van der Waals surface area contributed by atoms with E-state index in [2.05, 4.69) is 6.92 Å².